The molecule has 0 saturated carbocycles. The monoisotopic (exact) mass is 319 g/mol. The molecule has 1 aliphatic heterocycles. The highest BCUT2D eigenvalue weighted by Crippen LogP contribution is 2.31. The average Bonchev–Trinajstić information content (AvgIpc) is 2.45. The summed E-state index contributed by atoms with van der Waals surface area (Å²) in [5.41, 5.74) is 1.61. The number of carbonyl (C=O) groups is 2. The van der Waals surface area contributed by atoms with E-state index in [1.165, 1.54) is 4.90 Å². The molecule has 1 saturated heterocycles. The molecule has 0 spiro atoms. The summed E-state index contributed by atoms with van der Waals surface area (Å²) in [5.74, 6) is -1.42. The van der Waals surface area contributed by atoms with Crippen LogP contribution in [0.25, 0.3) is 0 Å². The number of hydrogen-bond acceptors (Lipinski definition) is 3. The average molecular weight is 319 g/mol. The van der Waals surface area contributed by atoms with Gasteiger partial charge >= 0.3 is 12.1 Å². The molecule has 1 fully saturated rings. The topological polar surface area (TPSA) is 66.8 Å². The normalized spacial score (nSPS) is 21.8. The first kappa shape index (κ1) is 17.3. The molecule has 5 heteroatoms. The maximum Gasteiger partial charge on any atom is 0.410 e. The Kier molecular flexibility index (Phi) is 4.97. The standard InChI is InChI=1S/C18H25NO4/c1-12-6-5-7-13(8-12)14-9-15(16(20)21)11-19(10-14)17(22)23-18(2,3)4/h5-8,14-15H,9-11H2,1-4H3,(H,20,21). The molecule has 23 heavy (non-hydrogen) atoms. The van der Waals surface area contributed by atoms with Gasteiger partial charge in [0, 0.05) is 19.0 Å². The van der Waals surface area contributed by atoms with Crippen LogP contribution in [-0.4, -0.2) is 40.8 Å². The van der Waals surface area contributed by atoms with Crippen LogP contribution >= 0.6 is 0 Å². The van der Waals surface area contributed by atoms with Crippen molar-refractivity contribution in [2.45, 2.75) is 45.6 Å². The third-order valence-corrected chi connectivity index (χ3v) is 3.97. The van der Waals surface area contributed by atoms with E-state index in [0.717, 1.165) is 11.1 Å². The van der Waals surface area contributed by atoms with Crippen molar-refractivity contribution in [3.63, 3.8) is 0 Å². The number of likely N-dealkylation sites (tertiary alicyclic amines) is 1. The van der Waals surface area contributed by atoms with Crippen molar-refractivity contribution >= 4 is 12.1 Å². The first-order valence-electron chi connectivity index (χ1n) is 7.93. The molecule has 1 aromatic carbocycles. The molecule has 2 rings (SSSR count). The number of carboxylic acids is 1. The minimum absolute atomic E-state index is 0.0114. The zero-order chi connectivity index (χ0) is 17.2. The van der Waals surface area contributed by atoms with E-state index in [4.69, 9.17) is 4.74 Å². The van der Waals surface area contributed by atoms with Gasteiger partial charge in [-0.15, -0.1) is 0 Å². The second-order valence-electron chi connectivity index (χ2n) is 7.27. The summed E-state index contributed by atoms with van der Waals surface area (Å²) < 4.78 is 5.41. The lowest BCUT2D eigenvalue weighted by Gasteiger charge is -2.37. The molecular formula is C18H25NO4. The number of carbonyl (C=O) groups excluding carboxylic acids is 1. The van der Waals surface area contributed by atoms with Crippen LogP contribution in [0.5, 0.6) is 0 Å². The fraction of sp³-hybridized carbons (Fsp3) is 0.556. The minimum Gasteiger partial charge on any atom is -0.481 e. The Balaban J connectivity index is 2.20. The van der Waals surface area contributed by atoms with Crippen LogP contribution in [0.1, 0.15) is 44.2 Å². The number of amides is 1. The summed E-state index contributed by atoms with van der Waals surface area (Å²) in [6, 6.07) is 8.02. The van der Waals surface area contributed by atoms with Gasteiger partial charge < -0.3 is 14.7 Å². The fourth-order valence-electron chi connectivity index (χ4n) is 2.92. The number of rotatable bonds is 2. The molecule has 1 heterocycles. The van der Waals surface area contributed by atoms with Crippen LogP contribution in [0, 0.1) is 12.8 Å². The summed E-state index contributed by atoms with van der Waals surface area (Å²) >= 11 is 0. The van der Waals surface area contributed by atoms with E-state index in [-0.39, 0.29) is 12.5 Å². The SMILES string of the molecule is Cc1cccc(C2CC(C(=O)O)CN(C(=O)OC(C)(C)C)C2)c1. The lowest BCUT2D eigenvalue weighted by Crippen LogP contribution is -2.47. The Labute approximate surface area is 137 Å². The zero-order valence-electron chi connectivity index (χ0n) is 14.2. The second kappa shape index (κ2) is 6.60. The van der Waals surface area contributed by atoms with Crippen LogP contribution in [0.4, 0.5) is 4.79 Å². The summed E-state index contributed by atoms with van der Waals surface area (Å²) in [5, 5.41) is 9.41. The smallest absolute Gasteiger partial charge is 0.410 e. The molecule has 0 aliphatic carbocycles. The molecule has 1 aromatic rings. The van der Waals surface area contributed by atoms with E-state index in [9.17, 15) is 14.7 Å². The lowest BCUT2D eigenvalue weighted by atomic mass is 9.84. The summed E-state index contributed by atoms with van der Waals surface area (Å²) in [7, 11) is 0. The highest BCUT2D eigenvalue weighted by atomic mass is 16.6. The number of nitrogens with zero attached hydrogens (tertiary/aromatic N) is 1. The molecule has 1 amide bonds. The summed E-state index contributed by atoms with van der Waals surface area (Å²) in [4.78, 5) is 25.3. The van der Waals surface area contributed by atoms with Gasteiger partial charge in [0.25, 0.3) is 0 Å². The molecule has 0 bridgehead atoms. The molecule has 2 atom stereocenters. The molecule has 2 unspecified atom stereocenters. The number of hydrogen-bond donors (Lipinski definition) is 1. The summed E-state index contributed by atoms with van der Waals surface area (Å²) in [6.07, 6.45) is 0.0963. The number of ether oxygens (including phenoxy) is 1. The van der Waals surface area contributed by atoms with Gasteiger partial charge in [-0.05, 0) is 39.7 Å². The van der Waals surface area contributed by atoms with E-state index in [1.807, 2.05) is 45.9 Å². The Bertz CT molecular complexity index is 591. The van der Waals surface area contributed by atoms with Gasteiger partial charge in [-0.25, -0.2) is 4.79 Å². The number of carboxylic acid groups (broad SMARTS) is 1. The van der Waals surface area contributed by atoms with Gasteiger partial charge in [-0.3, -0.25) is 4.79 Å². The minimum atomic E-state index is -0.865. The van der Waals surface area contributed by atoms with Gasteiger partial charge in [0.2, 0.25) is 0 Å². The van der Waals surface area contributed by atoms with Gasteiger partial charge in [0.05, 0.1) is 5.92 Å². The Hall–Kier alpha value is -2.04. The fourth-order valence-corrected chi connectivity index (χ4v) is 2.92. The summed E-state index contributed by atoms with van der Waals surface area (Å²) in [6.45, 7) is 8.12. The maximum atomic E-state index is 12.3. The molecule has 0 radical (unpaired) electrons. The highest BCUT2D eigenvalue weighted by molar-refractivity contribution is 5.73. The lowest BCUT2D eigenvalue weighted by molar-refractivity contribution is -0.143. The van der Waals surface area contributed by atoms with Crippen molar-refractivity contribution in [2.75, 3.05) is 13.1 Å². The molecule has 1 N–H and O–H groups in total. The first-order valence-corrected chi connectivity index (χ1v) is 7.93. The van der Waals surface area contributed by atoms with Crippen LogP contribution < -0.4 is 0 Å². The van der Waals surface area contributed by atoms with E-state index < -0.39 is 23.6 Å². The maximum absolute atomic E-state index is 12.3. The molecule has 1 aliphatic rings. The highest BCUT2D eigenvalue weighted by Gasteiger charge is 2.36. The van der Waals surface area contributed by atoms with E-state index in [2.05, 4.69) is 6.07 Å². The van der Waals surface area contributed by atoms with E-state index in [0.29, 0.717) is 13.0 Å². The zero-order valence-corrected chi connectivity index (χ0v) is 14.2. The van der Waals surface area contributed by atoms with Crippen LogP contribution in [0.3, 0.4) is 0 Å². The Morgan fingerprint density at radius 1 is 1.26 bits per heavy atom. The van der Waals surface area contributed by atoms with E-state index in [1.54, 1.807) is 0 Å². The third-order valence-electron chi connectivity index (χ3n) is 3.97. The Morgan fingerprint density at radius 3 is 2.52 bits per heavy atom. The first-order chi connectivity index (χ1) is 10.7. The number of piperidine rings is 1. The van der Waals surface area contributed by atoms with Gasteiger partial charge in [0.1, 0.15) is 5.60 Å². The Morgan fingerprint density at radius 2 is 1.96 bits per heavy atom. The predicted molar refractivity (Wildman–Crippen MR) is 87.5 cm³/mol. The van der Waals surface area contributed by atoms with Crippen molar-refractivity contribution in [1.82, 2.24) is 4.90 Å². The van der Waals surface area contributed by atoms with Crippen LogP contribution in [-0.2, 0) is 9.53 Å². The van der Waals surface area contributed by atoms with E-state index >= 15 is 0 Å². The number of aliphatic carboxylic acids is 1. The predicted octanol–water partition coefficient (Wildman–Crippen LogP) is 3.42. The van der Waals surface area contributed by atoms with Gasteiger partial charge in [-0.1, -0.05) is 29.8 Å². The third kappa shape index (κ3) is 4.71. The van der Waals surface area contributed by atoms with Gasteiger partial charge in [0.15, 0.2) is 0 Å². The van der Waals surface area contributed by atoms with Crippen LogP contribution in [0.2, 0.25) is 0 Å². The number of benzene rings is 1. The largest absolute Gasteiger partial charge is 0.481 e. The quantitative estimate of drug-likeness (QED) is 0.907. The van der Waals surface area contributed by atoms with Crippen LogP contribution in [0.15, 0.2) is 24.3 Å². The molecule has 0 aromatic heterocycles. The molecule has 126 valence electrons. The van der Waals surface area contributed by atoms with Gasteiger partial charge in [-0.2, -0.15) is 0 Å². The van der Waals surface area contributed by atoms with Crippen molar-refractivity contribution in [2.24, 2.45) is 5.92 Å². The van der Waals surface area contributed by atoms with Crippen molar-refractivity contribution < 1.29 is 19.4 Å². The molecular weight excluding hydrogens is 294 g/mol. The van der Waals surface area contributed by atoms with Crippen molar-refractivity contribution in [1.29, 1.82) is 0 Å². The second-order valence-corrected chi connectivity index (χ2v) is 7.27. The molecule has 5 nitrogen and oxygen atoms in total. The number of aryl methyl sites for hydroxylation is 1. The van der Waals surface area contributed by atoms with Crippen molar-refractivity contribution in [3.8, 4) is 0 Å². The van der Waals surface area contributed by atoms with Crippen molar-refractivity contribution in [3.05, 3.63) is 35.4 Å².